The molecule has 3 heteroatoms. The molecule has 0 aromatic heterocycles. The van der Waals surface area contributed by atoms with Crippen molar-refractivity contribution in [2.75, 3.05) is 14.2 Å². The lowest BCUT2D eigenvalue weighted by Gasteiger charge is -2.23. The summed E-state index contributed by atoms with van der Waals surface area (Å²) in [7, 11) is 2.72. The van der Waals surface area contributed by atoms with Crippen molar-refractivity contribution in [3.8, 4) is 11.5 Å². The van der Waals surface area contributed by atoms with Gasteiger partial charge < -0.3 is 9.47 Å². The zero-order valence-electron chi connectivity index (χ0n) is 22.0. The molecule has 0 radical (unpaired) electrons. The van der Waals surface area contributed by atoms with Crippen LogP contribution in [0.2, 0.25) is 0 Å². The van der Waals surface area contributed by atoms with Gasteiger partial charge in [0.05, 0.1) is 14.2 Å². The van der Waals surface area contributed by atoms with Gasteiger partial charge in [0.1, 0.15) is 11.5 Å². The Hall–Kier alpha value is -2.31. The Labute approximate surface area is 214 Å². The van der Waals surface area contributed by atoms with Crippen LogP contribution in [0.3, 0.4) is 0 Å². The number of unbranched alkanes of at least 4 members (excludes halogenated alkanes) is 9. The number of hydrogen-bond acceptors (Lipinski definition) is 2. The van der Waals surface area contributed by atoms with Crippen molar-refractivity contribution in [1.82, 2.24) is 0 Å². The van der Waals surface area contributed by atoms with E-state index in [4.69, 9.17) is 9.47 Å². The molecule has 0 aliphatic heterocycles. The molecule has 0 aliphatic rings. The molecule has 0 bridgehead atoms. The molecule has 0 N–H and O–H groups in total. The zero-order valence-corrected chi connectivity index (χ0v) is 22.9. The van der Waals surface area contributed by atoms with E-state index >= 15 is 0 Å². The van der Waals surface area contributed by atoms with Crippen molar-refractivity contribution >= 4 is 23.8 Å². The molecular formula is C32H43O2P. The summed E-state index contributed by atoms with van der Waals surface area (Å²) in [6, 6.07) is 26.0. The van der Waals surface area contributed by atoms with Crippen molar-refractivity contribution in [3.05, 3.63) is 78.4 Å². The van der Waals surface area contributed by atoms with Gasteiger partial charge in [-0.3, -0.25) is 0 Å². The lowest BCUT2D eigenvalue weighted by molar-refractivity contribution is 0.417. The minimum atomic E-state index is -0.791. The Morgan fingerprint density at radius 3 is 1.49 bits per heavy atom. The molecule has 0 unspecified atom stereocenters. The van der Waals surface area contributed by atoms with Crippen LogP contribution in [0, 0.1) is 0 Å². The minimum Gasteiger partial charge on any atom is -0.496 e. The summed E-state index contributed by atoms with van der Waals surface area (Å²) in [5.41, 5.74) is 1.43. The molecule has 2 nitrogen and oxygen atoms in total. The van der Waals surface area contributed by atoms with E-state index < -0.39 is 7.92 Å². The number of hydrogen-bond donors (Lipinski definition) is 0. The standard InChI is InChI=1S/C32H43O2P/c1-4-5-6-7-8-9-10-11-12-13-18-27-23-25-28(26-24-27)35(31-21-16-14-19-29(31)33-2)32-22-17-15-20-30(32)34-3/h14-17,19-26H,4-13,18H2,1-3H3. The molecule has 0 atom stereocenters. The Bertz CT molecular complexity index is 935. The largest absolute Gasteiger partial charge is 0.496 e. The van der Waals surface area contributed by atoms with E-state index in [1.165, 1.54) is 85.7 Å². The van der Waals surface area contributed by atoms with E-state index in [2.05, 4.69) is 67.6 Å². The number of rotatable bonds is 16. The van der Waals surface area contributed by atoms with Crippen LogP contribution in [0.25, 0.3) is 0 Å². The van der Waals surface area contributed by atoms with E-state index in [1.807, 2.05) is 12.1 Å². The summed E-state index contributed by atoms with van der Waals surface area (Å²) in [6.07, 6.45) is 15.0. The van der Waals surface area contributed by atoms with Crippen LogP contribution in [0.1, 0.15) is 76.7 Å². The number of ether oxygens (including phenoxy) is 2. The second kappa shape index (κ2) is 15.6. The summed E-state index contributed by atoms with van der Waals surface area (Å²) in [6.45, 7) is 2.29. The maximum Gasteiger partial charge on any atom is 0.127 e. The predicted octanol–water partition coefficient (Wildman–Crippen LogP) is 7.93. The van der Waals surface area contributed by atoms with Crippen LogP contribution in [0.15, 0.2) is 72.8 Å². The Morgan fingerprint density at radius 1 is 0.543 bits per heavy atom. The topological polar surface area (TPSA) is 18.5 Å². The average Bonchev–Trinajstić information content (AvgIpc) is 2.91. The van der Waals surface area contributed by atoms with Crippen molar-refractivity contribution < 1.29 is 9.47 Å². The molecular weight excluding hydrogens is 447 g/mol. The Morgan fingerprint density at radius 2 is 1.00 bits per heavy atom. The Kier molecular flexibility index (Phi) is 12.2. The summed E-state index contributed by atoms with van der Waals surface area (Å²) in [4.78, 5) is 0. The number of aryl methyl sites for hydroxylation is 1. The van der Waals surface area contributed by atoms with E-state index in [0.717, 1.165) is 17.9 Å². The first kappa shape index (κ1) is 27.3. The number of methoxy groups -OCH3 is 2. The highest BCUT2D eigenvalue weighted by molar-refractivity contribution is 7.80. The van der Waals surface area contributed by atoms with Gasteiger partial charge in [-0.1, -0.05) is 125 Å². The highest BCUT2D eigenvalue weighted by atomic mass is 31.1. The van der Waals surface area contributed by atoms with Gasteiger partial charge in [0, 0.05) is 10.6 Å². The van der Waals surface area contributed by atoms with Crippen molar-refractivity contribution in [1.29, 1.82) is 0 Å². The minimum absolute atomic E-state index is 0.791. The fraction of sp³-hybridized carbons (Fsp3) is 0.438. The zero-order chi connectivity index (χ0) is 24.7. The van der Waals surface area contributed by atoms with Crippen LogP contribution >= 0.6 is 7.92 Å². The van der Waals surface area contributed by atoms with E-state index in [0.29, 0.717) is 0 Å². The molecule has 3 rings (SSSR count). The fourth-order valence-electron chi connectivity index (χ4n) is 4.67. The van der Waals surface area contributed by atoms with Crippen molar-refractivity contribution in [3.63, 3.8) is 0 Å². The molecule has 3 aromatic carbocycles. The third-order valence-electron chi connectivity index (χ3n) is 6.67. The van der Waals surface area contributed by atoms with Gasteiger partial charge in [-0.15, -0.1) is 0 Å². The molecule has 35 heavy (non-hydrogen) atoms. The lowest BCUT2D eigenvalue weighted by Crippen LogP contribution is -2.23. The van der Waals surface area contributed by atoms with Crippen LogP contribution in [0.4, 0.5) is 0 Å². The first-order valence-electron chi connectivity index (χ1n) is 13.4. The monoisotopic (exact) mass is 490 g/mol. The van der Waals surface area contributed by atoms with Gasteiger partial charge >= 0.3 is 0 Å². The van der Waals surface area contributed by atoms with Crippen molar-refractivity contribution in [2.45, 2.75) is 77.6 Å². The van der Waals surface area contributed by atoms with Crippen LogP contribution in [0.5, 0.6) is 11.5 Å². The highest BCUT2D eigenvalue weighted by Crippen LogP contribution is 2.39. The second-order valence-corrected chi connectivity index (χ2v) is 11.4. The third kappa shape index (κ3) is 8.39. The summed E-state index contributed by atoms with van der Waals surface area (Å²) in [5, 5.41) is 3.76. The van der Waals surface area contributed by atoms with Gasteiger partial charge in [0.25, 0.3) is 0 Å². The van der Waals surface area contributed by atoms with Gasteiger partial charge in [0.15, 0.2) is 0 Å². The number of benzene rings is 3. The fourth-order valence-corrected chi connectivity index (χ4v) is 7.17. The highest BCUT2D eigenvalue weighted by Gasteiger charge is 2.23. The van der Waals surface area contributed by atoms with E-state index in [9.17, 15) is 0 Å². The predicted molar refractivity (Wildman–Crippen MR) is 154 cm³/mol. The van der Waals surface area contributed by atoms with Gasteiger partial charge in [-0.05, 0) is 43.8 Å². The first-order valence-corrected chi connectivity index (χ1v) is 14.8. The van der Waals surface area contributed by atoms with Crippen LogP contribution in [-0.4, -0.2) is 14.2 Å². The van der Waals surface area contributed by atoms with Gasteiger partial charge in [-0.25, -0.2) is 0 Å². The van der Waals surface area contributed by atoms with Crippen molar-refractivity contribution in [2.24, 2.45) is 0 Å². The molecule has 0 heterocycles. The second-order valence-electron chi connectivity index (χ2n) is 9.28. The number of para-hydroxylation sites is 2. The smallest absolute Gasteiger partial charge is 0.127 e. The average molecular weight is 491 g/mol. The first-order chi connectivity index (χ1) is 17.3. The lowest BCUT2D eigenvalue weighted by atomic mass is 10.0. The Balaban J connectivity index is 1.62. The maximum absolute atomic E-state index is 5.76. The quantitative estimate of drug-likeness (QED) is 0.150. The van der Waals surface area contributed by atoms with Crippen LogP contribution in [-0.2, 0) is 6.42 Å². The third-order valence-corrected chi connectivity index (χ3v) is 9.18. The molecule has 0 fully saturated rings. The molecule has 3 aromatic rings. The van der Waals surface area contributed by atoms with E-state index in [1.54, 1.807) is 14.2 Å². The maximum atomic E-state index is 5.76. The van der Waals surface area contributed by atoms with Gasteiger partial charge in [-0.2, -0.15) is 0 Å². The normalized spacial score (nSPS) is 11.1. The molecule has 0 saturated heterocycles. The molecule has 0 amide bonds. The van der Waals surface area contributed by atoms with Crippen LogP contribution < -0.4 is 25.4 Å². The molecule has 0 aliphatic carbocycles. The summed E-state index contributed by atoms with van der Waals surface area (Å²) >= 11 is 0. The molecule has 0 saturated carbocycles. The SMILES string of the molecule is CCCCCCCCCCCCc1ccc(P(c2ccccc2OC)c2ccccc2OC)cc1. The molecule has 0 spiro atoms. The molecule has 188 valence electrons. The van der Waals surface area contributed by atoms with E-state index in [-0.39, 0.29) is 0 Å². The summed E-state index contributed by atoms with van der Waals surface area (Å²) < 4.78 is 11.5. The van der Waals surface area contributed by atoms with Gasteiger partial charge in [0.2, 0.25) is 0 Å². The summed E-state index contributed by atoms with van der Waals surface area (Å²) in [5.74, 6) is 1.86.